The normalized spacial score (nSPS) is 12.8. The molecule has 0 bridgehead atoms. The van der Waals surface area contributed by atoms with Crippen LogP contribution in [0.15, 0.2) is 30.3 Å². The third-order valence-electron chi connectivity index (χ3n) is 3.45. The first-order valence-corrected chi connectivity index (χ1v) is 8.42. The molecule has 0 fully saturated rings. The Kier molecular flexibility index (Phi) is 11.7. The first-order chi connectivity index (χ1) is 10.1. The van der Waals surface area contributed by atoms with E-state index in [1.54, 1.807) is 0 Å². The Balaban J connectivity index is 0.00000191. The molecule has 0 saturated carbocycles. The lowest BCUT2D eigenvalue weighted by molar-refractivity contribution is -0.122. The number of benzene rings is 1. The highest BCUT2D eigenvalue weighted by atomic mass is 16.1. The van der Waals surface area contributed by atoms with Crippen LogP contribution < -0.4 is 5.32 Å². The van der Waals surface area contributed by atoms with Crippen LogP contribution in [0.3, 0.4) is 0 Å². The average Bonchev–Trinajstić information content (AvgIpc) is 2.48. The highest BCUT2D eigenvalue weighted by Gasteiger charge is 2.12. The van der Waals surface area contributed by atoms with Gasteiger partial charge in [0.2, 0.25) is 5.91 Å². The van der Waals surface area contributed by atoms with E-state index in [4.69, 9.17) is 0 Å². The van der Waals surface area contributed by atoms with Crippen molar-refractivity contribution in [3.8, 4) is 0 Å². The van der Waals surface area contributed by atoms with Crippen LogP contribution >= 0.6 is 0 Å². The van der Waals surface area contributed by atoms with E-state index in [1.165, 1.54) is 12.8 Å². The molecule has 2 atom stereocenters. The number of rotatable bonds is 8. The Hall–Kier alpha value is -1.31. The molecule has 0 spiro atoms. The molecule has 1 rings (SSSR count). The lowest BCUT2D eigenvalue weighted by Crippen LogP contribution is -2.24. The number of nitrogens with one attached hydrogen (secondary N) is 1. The molecule has 120 valence electrons. The van der Waals surface area contributed by atoms with Crippen LogP contribution in [0.1, 0.15) is 65.9 Å². The number of carbonyl (C=O) groups is 1. The molecular formula is C19H33NO. The summed E-state index contributed by atoms with van der Waals surface area (Å²) >= 11 is 0. The van der Waals surface area contributed by atoms with Gasteiger partial charge in [0.15, 0.2) is 0 Å². The SMILES string of the molecule is CC.CCCC(C)CC(C)CC(=O)NCc1ccccc1. The predicted molar refractivity (Wildman–Crippen MR) is 92.1 cm³/mol. The van der Waals surface area contributed by atoms with Gasteiger partial charge in [-0.25, -0.2) is 0 Å². The van der Waals surface area contributed by atoms with Crippen molar-refractivity contribution >= 4 is 5.91 Å². The lowest BCUT2D eigenvalue weighted by Gasteiger charge is -2.16. The van der Waals surface area contributed by atoms with E-state index in [9.17, 15) is 4.79 Å². The van der Waals surface area contributed by atoms with Gasteiger partial charge in [-0.2, -0.15) is 0 Å². The van der Waals surface area contributed by atoms with E-state index in [-0.39, 0.29) is 5.91 Å². The minimum atomic E-state index is 0.167. The van der Waals surface area contributed by atoms with Gasteiger partial charge in [0.25, 0.3) is 0 Å². The zero-order valence-corrected chi connectivity index (χ0v) is 14.5. The Morgan fingerprint density at radius 2 is 1.71 bits per heavy atom. The maximum Gasteiger partial charge on any atom is 0.220 e. The largest absolute Gasteiger partial charge is 0.352 e. The Morgan fingerprint density at radius 3 is 2.29 bits per heavy atom. The first-order valence-electron chi connectivity index (χ1n) is 8.42. The summed E-state index contributed by atoms with van der Waals surface area (Å²) in [6.45, 7) is 11.3. The monoisotopic (exact) mass is 291 g/mol. The summed E-state index contributed by atoms with van der Waals surface area (Å²) in [5, 5.41) is 3.00. The fraction of sp³-hybridized carbons (Fsp3) is 0.632. The summed E-state index contributed by atoms with van der Waals surface area (Å²) < 4.78 is 0. The van der Waals surface area contributed by atoms with Gasteiger partial charge < -0.3 is 5.32 Å². The third-order valence-corrected chi connectivity index (χ3v) is 3.45. The van der Waals surface area contributed by atoms with E-state index in [0.29, 0.717) is 18.9 Å². The molecule has 2 nitrogen and oxygen atoms in total. The fourth-order valence-electron chi connectivity index (χ4n) is 2.57. The van der Waals surface area contributed by atoms with Gasteiger partial charge in [-0.3, -0.25) is 4.79 Å². The number of hydrogen-bond acceptors (Lipinski definition) is 1. The zero-order chi connectivity index (χ0) is 16.1. The highest BCUT2D eigenvalue weighted by molar-refractivity contribution is 5.76. The van der Waals surface area contributed by atoms with Crippen molar-refractivity contribution in [2.24, 2.45) is 11.8 Å². The Morgan fingerprint density at radius 1 is 1.10 bits per heavy atom. The van der Waals surface area contributed by atoms with E-state index in [0.717, 1.165) is 17.9 Å². The fourth-order valence-corrected chi connectivity index (χ4v) is 2.57. The summed E-state index contributed by atoms with van der Waals surface area (Å²) in [7, 11) is 0. The lowest BCUT2D eigenvalue weighted by atomic mass is 9.91. The molecular weight excluding hydrogens is 258 g/mol. The second-order valence-electron chi connectivity index (χ2n) is 5.70. The van der Waals surface area contributed by atoms with Crippen molar-refractivity contribution < 1.29 is 4.79 Å². The molecule has 0 aliphatic rings. The second-order valence-corrected chi connectivity index (χ2v) is 5.70. The van der Waals surface area contributed by atoms with Gasteiger partial charge in [-0.15, -0.1) is 0 Å². The molecule has 1 amide bonds. The number of carbonyl (C=O) groups excluding carboxylic acids is 1. The Labute approximate surface area is 131 Å². The van der Waals surface area contributed by atoms with Crippen molar-refractivity contribution in [1.82, 2.24) is 5.32 Å². The maximum absolute atomic E-state index is 11.9. The van der Waals surface area contributed by atoms with Crippen LogP contribution in [0, 0.1) is 11.8 Å². The molecule has 21 heavy (non-hydrogen) atoms. The summed E-state index contributed by atoms with van der Waals surface area (Å²) in [6, 6.07) is 10.1. The zero-order valence-electron chi connectivity index (χ0n) is 14.5. The molecule has 0 aromatic heterocycles. The molecule has 2 heteroatoms. The summed E-state index contributed by atoms with van der Waals surface area (Å²) in [4.78, 5) is 11.9. The minimum absolute atomic E-state index is 0.167. The summed E-state index contributed by atoms with van der Waals surface area (Å²) in [5.74, 6) is 1.36. The topological polar surface area (TPSA) is 29.1 Å². The van der Waals surface area contributed by atoms with Crippen LogP contribution in [0.4, 0.5) is 0 Å². The van der Waals surface area contributed by atoms with E-state index < -0.39 is 0 Å². The molecule has 0 aliphatic carbocycles. The van der Waals surface area contributed by atoms with Gasteiger partial charge in [-0.05, 0) is 23.8 Å². The van der Waals surface area contributed by atoms with Crippen LogP contribution in [0.25, 0.3) is 0 Å². The van der Waals surface area contributed by atoms with E-state index in [1.807, 2.05) is 44.2 Å². The minimum Gasteiger partial charge on any atom is -0.352 e. The number of amides is 1. The molecule has 1 aromatic rings. The van der Waals surface area contributed by atoms with Crippen LogP contribution in [0.2, 0.25) is 0 Å². The summed E-state index contributed by atoms with van der Waals surface area (Å²) in [6.07, 6.45) is 4.28. The van der Waals surface area contributed by atoms with Crippen molar-refractivity contribution in [2.75, 3.05) is 0 Å². The van der Waals surface area contributed by atoms with Crippen molar-refractivity contribution in [1.29, 1.82) is 0 Å². The van der Waals surface area contributed by atoms with Crippen LogP contribution in [-0.4, -0.2) is 5.91 Å². The third kappa shape index (κ3) is 10.1. The molecule has 1 N–H and O–H groups in total. The molecule has 0 heterocycles. The standard InChI is InChI=1S/C17H27NO.C2H6/c1-4-8-14(2)11-15(3)12-17(19)18-13-16-9-6-5-7-10-16;1-2/h5-7,9-10,14-15H,4,8,11-13H2,1-3H3,(H,18,19);1-2H3. The smallest absolute Gasteiger partial charge is 0.220 e. The summed E-state index contributed by atoms with van der Waals surface area (Å²) in [5.41, 5.74) is 1.16. The van der Waals surface area contributed by atoms with Crippen LogP contribution in [0.5, 0.6) is 0 Å². The van der Waals surface area contributed by atoms with E-state index >= 15 is 0 Å². The molecule has 0 aliphatic heterocycles. The molecule has 0 saturated heterocycles. The van der Waals surface area contributed by atoms with Crippen molar-refractivity contribution in [2.45, 2.75) is 66.8 Å². The molecule has 1 aromatic carbocycles. The van der Waals surface area contributed by atoms with Crippen LogP contribution in [-0.2, 0) is 11.3 Å². The van der Waals surface area contributed by atoms with Gasteiger partial charge >= 0.3 is 0 Å². The second kappa shape index (κ2) is 12.4. The first kappa shape index (κ1) is 19.7. The molecule has 2 unspecified atom stereocenters. The quantitative estimate of drug-likeness (QED) is 0.702. The molecule has 0 radical (unpaired) electrons. The highest BCUT2D eigenvalue weighted by Crippen LogP contribution is 2.18. The van der Waals surface area contributed by atoms with Gasteiger partial charge in [-0.1, -0.05) is 77.8 Å². The van der Waals surface area contributed by atoms with Crippen molar-refractivity contribution in [3.05, 3.63) is 35.9 Å². The maximum atomic E-state index is 11.9. The number of hydrogen-bond donors (Lipinski definition) is 1. The van der Waals surface area contributed by atoms with E-state index in [2.05, 4.69) is 26.1 Å². The van der Waals surface area contributed by atoms with Crippen molar-refractivity contribution in [3.63, 3.8) is 0 Å². The van der Waals surface area contributed by atoms with Gasteiger partial charge in [0.1, 0.15) is 0 Å². The predicted octanol–water partition coefficient (Wildman–Crippen LogP) is 5.18. The van der Waals surface area contributed by atoms with Gasteiger partial charge in [0.05, 0.1) is 0 Å². The van der Waals surface area contributed by atoms with Gasteiger partial charge in [0, 0.05) is 13.0 Å². The Bertz CT molecular complexity index is 361. The average molecular weight is 291 g/mol.